The first-order valence-electron chi connectivity index (χ1n) is 5.89. The number of nitrogens with one attached hydrogen (secondary N) is 2. The lowest BCUT2D eigenvalue weighted by molar-refractivity contribution is 0.405. The van der Waals surface area contributed by atoms with Gasteiger partial charge in [0.1, 0.15) is 0 Å². The standard InChI is InChI=1S/C11H19N7/c1-17(2)6-3-4-13-10-11-14-5-7-18(11)8-9(15-10)16-12/h5,7-8,16H,3-4,6,12H2,1-2H3,(H,13,15). The predicted octanol–water partition coefficient (Wildman–Crippen LogP) is 0.378. The molecule has 7 heteroatoms. The summed E-state index contributed by atoms with van der Waals surface area (Å²) in [6.45, 7) is 1.88. The lowest BCUT2D eigenvalue weighted by atomic mass is 10.4. The number of hydrogen-bond donors (Lipinski definition) is 3. The minimum atomic E-state index is 0.607. The normalized spacial score (nSPS) is 11.1. The van der Waals surface area contributed by atoms with Crippen molar-refractivity contribution in [2.24, 2.45) is 5.84 Å². The topological polar surface area (TPSA) is 83.5 Å². The van der Waals surface area contributed by atoms with Crippen molar-refractivity contribution in [2.45, 2.75) is 6.42 Å². The molecule has 0 amide bonds. The van der Waals surface area contributed by atoms with E-state index < -0.39 is 0 Å². The fraction of sp³-hybridized carbons (Fsp3) is 0.455. The van der Waals surface area contributed by atoms with E-state index in [1.165, 1.54) is 0 Å². The molecule has 2 aromatic heterocycles. The highest BCUT2D eigenvalue weighted by molar-refractivity contribution is 5.65. The largest absolute Gasteiger partial charge is 0.367 e. The van der Waals surface area contributed by atoms with Crippen LogP contribution in [0.4, 0.5) is 11.6 Å². The number of anilines is 2. The molecule has 0 aliphatic rings. The van der Waals surface area contributed by atoms with Gasteiger partial charge >= 0.3 is 0 Å². The second kappa shape index (κ2) is 5.65. The zero-order valence-electron chi connectivity index (χ0n) is 10.7. The molecule has 0 saturated heterocycles. The molecule has 0 fully saturated rings. The van der Waals surface area contributed by atoms with Crippen LogP contribution in [-0.2, 0) is 0 Å². The van der Waals surface area contributed by atoms with Gasteiger partial charge in [-0.05, 0) is 27.1 Å². The van der Waals surface area contributed by atoms with Gasteiger partial charge in [0.05, 0.1) is 6.20 Å². The van der Waals surface area contributed by atoms with Crippen molar-refractivity contribution in [3.05, 3.63) is 18.6 Å². The van der Waals surface area contributed by atoms with Crippen LogP contribution in [-0.4, -0.2) is 46.5 Å². The lowest BCUT2D eigenvalue weighted by Crippen LogP contribution is -2.17. The second-order valence-electron chi connectivity index (χ2n) is 4.36. The Morgan fingerprint density at radius 2 is 2.28 bits per heavy atom. The van der Waals surface area contributed by atoms with Gasteiger partial charge in [-0.15, -0.1) is 0 Å². The van der Waals surface area contributed by atoms with Crippen LogP contribution in [0, 0.1) is 0 Å². The first-order valence-corrected chi connectivity index (χ1v) is 5.89. The van der Waals surface area contributed by atoms with Gasteiger partial charge in [-0.25, -0.2) is 15.8 Å². The minimum Gasteiger partial charge on any atom is -0.367 e. The molecule has 0 bridgehead atoms. The summed E-state index contributed by atoms with van der Waals surface area (Å²) >= 11 is 0. The quantitative estimate of drug-likeness (QED) is 0.390. The van der Waals surface area contributed by atoms with Crippen molar-refractivity contribution in [2.75, 3.05) is 37.9 Å². The number of rotatable bonds is 6. The Morgan fingerprint density at radius 1 is 1.44 bits per heavy atom. The zero-order chi connectivity index (χ0) is 13.0. The molecule has 98 valence electrons. The summed E-state index contributed by atoms with van der Waals surface area (Å²) in [5.41, 5.74) is 3.35. The highest BCUT2D eigenvalue weighted by Crippen LogP contribution is 2.15. The van der Waals surface area contributed by atoms with Gasteiger partial charge in [-0.3, -0.25) is 0 Å². The number of nitrogens with zero attached hydrogens (tertiary/aromatic N) is 4. The van der Waals surface area contributed by atoms with Crippen LogP contribution in [0.2, 0.25) is 0 Å². The molecule has 7 nitrogen and oxygen atoms in total. The number of hydrazine groups is 1. The number of fused-ring (bicyclic) bond motifs is 1. The lowest BCUT2D eigenvalue weighted by Gasteiger charge is -2.11. The third-order valence-corrected chi connectivity index (χ3v) is 2.60. The van der Waals surface area contributed by atoms with Crippen molar-refractivity contribution >= 4 is 17.3 Å². The van der Waals surface area contributed by atoms with E-state index in [1.54, 1.807) is 12.4 Å². The van der Waals surface area contributed by atoms with Gasteiger partial charge in [-0.2, -0.15) is 0 Å². The maximum absolute atomic E-state index is 5.39. The first-order chi connectivity index (χ1) is 8.70. The molecule has 2 heterocycles. The monoisotopic (exact) mass is 249 g/mol. The maximum atomic E-state index is 5.39. The summed E-state index contributed by atoms with van der Waals surface area (Å²) in [5.74, 6) is 6.74. The van der Waals surface area contributed by atoms with E-state index in [-0.39, 0.29) is 0 Å². The van der Waals surface area contributed by atoms with Gasteiger partial charge < -0.3 is 20.0 Å². The van der Waals surface area contributed by atoms with Gasteiger partial charge in [-0.1, -0.05) is 0 Å². The third-order valence-electron chi connectivity index (χ3n) is 2.60. The minimum absolute atomic E-state index is 0.607. The summed E-state index contributed by atoms with van der Waals surface area (Å²) in [7, 11) is 4.12. The van der Waals surface area contributed by atoms with Crippen LogP contribution in [0.3, 0.4) is 0 Å². The van der Waals surface area contributed by atoms with Crippen LogP contribution in [0.15, 0.2) is 18.6 Å². The Labute approximate surface area is 106 Å². The Morgan fingerprint density at radius 3 is 3.00 bits per heavy atom. The number of nitrogen functional groups attached to an aromatic ring is 1. The number of aromatic nitrogens is 3. The van der Waals surface area contributed by atoms with E-state index >= 15 is 0 Å². The van der Waals surface area contributed by atoms with Gasteiger partial charge in [0.15, 0.2) is 17.3 Å². The highest BCUT2D eigenvalue weighted by Gasteiger charge is 2.06. The smallest absolute Gasteiger partial charge is 0.180 e. The van der Waals surface area contributed by atoms with Crippen LogP contribution >= 0.6 is 0 Å². The Kier molecular flexibility index (Phi) is 3.96. The van der Waals surface area contributed by atoms with E-state index in [0.29, 0.717) is 5.82 Å². The molecule has 0 spiro atoms. The van der Waals surface area contributed by atoms with Gasteiger partial charge in [0.25, 0.3) is 0 Å². The maximum Gasteiger partial charge on any atom is 0.180 e. The number of nitrogens with two attached hydrogens (primary N) is 1. The molecular formula is C11H19N7. The van der Waals surface area contributed by atoms with Crippen LogP contribution in [0.25, 0.3) is 5.65 Å². The SMILES string of the molecule is CN(C)CCCNc1nc(NN)cn2ccnc12. The summed E-state index contributed by atoms with van der Waals surface area (Å²) in [6.07, 6.45) is 6.44. The average molecular weight is 249 g/mol. The van der Waals surface area contributed by atoms with Crippen molar-refractivity contribution in [3.8, 4) is 0 Å². The molecule has 4 N–H and O–H groups in total. The first kappa shape index (κ1) is 12.6. The van der Waals surface area contributed by atoms with E-state index in [2.05, 4.69) is 39.7 Å². The van der Waals surface area contributed by atoms with Crippen LogP contribution < -0.4 is 16.6 Å². The molecule has 0 saturated carbocycles. The predicted molar refractivity (Wildman–Crippen MR) is 72.5 cm³/mol. The van der Waals surface area contributed by atoms with Crippen molar-refractivity contribution in [3.63, 3.8) is 0 Å². The zero-order valence-corrected chi connectivity index (χ0v) is 10.7. The molecule has 18 heavy (non-hydrogen) atoms. The molecular weight excluding hydrogens is 230 g/mol. The second-order valence-corrected chi connectivity index (χ2v) is 4.36. The summed E-state index contributed by atoms with van der Waals surface area (Å²) in [4.78, 5) is 10.8. The highest BCUT2D eigenvalue weighted by atomic mass is 15.3. The fourth-order valence-electron chi connectivity index (χ4n) is 1.72. The number of imidazole rings is 1. The van der Waals surface area contributed by atoms with Crippen molar-refractivity contribution < 1.29 is 0 Å². The molecule has 0 unspecified atom stereocenters. The Balaban J connectivity index is 2.08. The molecule has 0 radical (unpaired) electrons. The average Bonchev–Trinajstić information content (AvgIpc) is 2.82. The van der Waals surface area contributed by atoms with Gasteiger partial charge in [0.2, 0.25) is 0 Å². The van der Waals surface area contributed by atoms with Crippen molar-refractivity contribution in [1.82, 2.24) is 19.3 Å². The van der Waals surface area contributed by atoms with Crippen LogP contribution in [0.1, 0.15) is 6.42 Å². The van der Waals surface area contributed by atoms with Crippen molar-refractivity contribution in [1.29, 1.82) is 0 Å². The van der Waals surface area contributed by atoms with E-state index in [1.807, 2.05) is 10.6 Å². The molecule has 0 aliphatic heterocycles. The summed E-state index contributed by atoms with van der Waals surface area (Å²) in [5, 5.41) is 3.29. The third kappa shape index (κ3) is 2.88. The summed E-state index contributed by atoms with van der Waals surface area (Å²) < 4.78 is 1.89. The molecule has 0 atom stereocenters. The Bertz CT molecular complexity index is 505. The summed E-state index contributed by atoms with van der Waals surface area (Å²) in [6, 6.07) is 0. The van der Waals surface area contributed by atoms with Gasteiger partial charge in [0, 0.05) is 18.9 Å². The van der Waals surface area contributed by atoms with Crippen LogP contribution in [0.5, 0.6) is 0 Å². The van der Waals surface area contributed by atoms with E-state index in [9.17, 15) is 0 Å². The molecule has 2 aromatic rings. The number of hydrogen-bond acceptors (Lipinski definition) is 6. The van der Waals surface area contributed by atoms with E-state index in [0.717, 1.165) is 31.0 Å². The van der Waals surface area contributed by atoms with E-state index in [4.69, 9.17) is 5.84 Å². The fourth-order valence-corrected chi connectivity index (χ4v) is 1.72. The molecule has 2 rings (SSSR count). The Hall–Kier alpha value is -1.86. The molecule has 0 aliphatic carbocycles. The molecule has 0 aromatic carbocycles.